The lowest BCUT2D eigenvalue weighted by Gasteiger charge is -2.24. The van der Waals surface area contributed by atoms with E-state index in [9.17, 15) is 53.4 Å². The van der Waals surface area contributed by atoms with Crippen LogP contribution in [0, 0.1) is 5.92 Å². The first-order valence-corrected chi connectivity index (χ1v) is 17.0. The predicted molar refractivity (Wildman–Crippen MR) is 180 cm³/mol. The highest BCUT2D eigenvalue weighted by molar-refractivity contribution is 7.98. The van der Waals surface area contributed by atoms with Gasteiger partial charge in [-0.1, -0.05) is 13.8 Å². The minimum absolute atomic E-state index is 0.0624. The summed E-state index contributed by atoms with van der Waals surface area (Å²) in [5.74, 6) is -9.59. The Labute approximate surface area is 297 Å². The van der Waals surface area contributed by atoms with Gasteiger partial charge in [-0.3, -0.25) is 43.2 Å². The zero-order valence-electron chi connectivity index (χ0n) is 27.9. The molecule has 0 saturated carbocycles. The van der Waals surface area contributed by atoms with Gasteiger partial charge in [0.1, 0.15) is 30.2 Å². The van der Waals surface area contributed by atoms with Gasteiger partial charge < -0.3 is 52.3 Å². The lowest BCUT2D eigenvalue weighted by Crippen LogP contribution is -2.57. The number of carbonyl (C=O) groups excluding carboxylic acids is 6. The van der Waals surface area contributed by atoms with E-state index >= 15 is 0 Å². The van der Waals surface area contributed by atoms with E-state index in [1.54, 1.807) is 20.1 Å². The maximum Gasteiger partial charge on any atom is 0.326 e. The monoisotopic (exact) mass is 754 g/mol. The van der Waals surface area contributed by atoms with Crippen LogP contribution in [-0.4, -0.2) is 135 Å². The highest BCUT2D eigenvalue weighted by atomic mass is 32.2. The number of nitrogens with one attached hydrogen (secondary N) is 6. The van der Waals surface area contributed by atoms with Crippen LogP contribution < -0.4 is 31.9 Å². The van der Waals surface area contributed by atoms with Gasteiger partial charge in [0.15, 0.2) is 0 Å². The molecule has 5 atom stereocenters. The van der Waals surface area contributed by atoms with Crippen molar-refractivity contribution in [2.24, 2.45) is 5.92 Å². The van der Waals surface area contributed by atoms with Gasteiger partial charge in [0.25, 0.3) is 5.97 Å². The highest BCUT2D eigenvalue weighted by Gasteiger charge is 2.31. The minimum atomic E-state index is -1.62. The number of aliphatic carboxylic acids is 4. The van der Waals surface area contributed by atoms with E-state index < -0.39 is 109 Å². The average Bonchev–Trinajstić information content (AvgIpc) is 3.00. The van der Waals surface area contributed by atoms with Crippen molar-refractivity contribution in [1.82, 2.24) is 31.9 Å². The molecule has 20 nitrogen and oxygen atoms in total. The summed E-state index contributed by atoms with van der Waals surface area (Å²) in [7, 11) is 0. The third-order valence-corrected chi connectivity index (χ3v) is 7.08. The summed E-state index contributed by atoms with van der Waals surface area (Å²) in [6.07, 6.45) is 0.506. The normalized spacial score (nSPS) is 13.3. The molecule has 22 heteroatoms. The zero-order valence-corrected chi connectivity index (χ0v) is 29.6. The SMILES string of the molecule is CC(=O)O.CSCC[C@H](NC=O)C(=O)N[C@@H](CC(=O)O)C(=O)NCC(=O)N[C@@H](CS)C(=O)N[C@@H](CCC(=O)O)C(=O)N[C@@H](CC(C)C)C(=O)O. The molecule has 0 spiro atoms. The van der Waals surface area contributed by atoms with Crippen LogP contribution in [-0.2, 0) is 47.9 Å². The summed E-state index contributed by atoms with van der Waals surface area (Å²) in [4.78, 5) is 117. The van der Waals surface area contributed by atoms with E-state index in [1.165, 1.54) is 11.8 Å². The second kappa shape index (κ2) is 26.3. The molecule has 0 rings (SSSR count). The van der Waals surface area contributed by atoms with Crippen LogP contribution >= 0.6 is 24.4 Å². The number of carbonyl (C=O) groups is 10. The number of thiol groups is 1. The smallest absolute Gasteiger partial charge is 0.326 e. The Bertz CT molecular complexity index is 1200. The van der Waals surface area contributed by atoms with Crippen molar-refractivity contribution in [3.05, 3.63) is 0 Å². The Morgan fingerprint density at radius 2 is 1.24 bits per heavy atom. The number of rotatable bonds is 24. The van der Waals surface area contributed by atoms with Crippen molar-refractivity contribution >= 4 is 84.2 Å². The van der Waals surface area contributed by atoms with Crippen LogP contribution in [0.25, 0.3) is 0 Å². The molecule has 0 aromatic carbocycles. The summed E-state index contributed by atoms with van der Waals surface area (Å²) in [5, 5.41) is 48.5. The maximum absolute atomic E-state index is 12.9. The van der Waals surface area contributed by atoms with E-state index in [1.807, 2.05) is 0 Å². The molecule has 50 heavy (non-hydrogen) atoms. The fraction of sp³-hybridized carbons (Fsp3) is 0.643. The Morgan fingerprint density at radius 3 is 1.70 bits per heavy atom. The highest BCUT2D eigenvalue weighted by Crippen LogP contribution is 2.07. The second-order valence-corrected chi connectivity index (χ2v) is 12.2. The van der Waals surface area contributed by atoms with Crippen LogP contribution in [0.4, 0.5) is 0 Å². The van der Waals surface area contributed by atoms with Crippen LogP contribution in [0.3, 0.4) is 0 Å². The molecule has 0 saturated heterocycles. The number of carboxylic acids is 4. The van der Waals surface area contributed by atoms with E-state index in [2.05, 4.69) is 44.5 Å². The van der Waals surface area contributed by atoms with Gasteiger partial charge in [-0.05, 0) is 37.2 Å². The molecule has 0 bridgehead atoms. The third-order valence-electron chi connectivity index (χ3n) is 6.07. The lowest BCUT2D eigenvalue weighted by molar-refractivity contribution is -0.143. The van der Waals surface area contributed by atoms with Crippen LogP contribution in [0.5, 0.6) is 0 Å². The van der Waals surface area contributed by atoms with Crippen molar-refractivity contribution in [2.75, 3.05) is 24.3 Å². The second-order valence-electron chi connectivity index (χ2n) is 10.8. The van der Waals surface area contributed by atoms with Gasteiger partial charge in [0, 0.05) is 19.1 Å². The number of hydrogen-bond acceptors (Lipinski definition) is 12. The quantitative estimate of drug-likeness (QED) is 0.0356. The van der Waals surface area contributed by atoms with Crippen LogP contribution in [0.2, 0.25) is 0 Å². The van der Waals surface area contributed by atoms with Crippen molar-refractivity contribution < 1.29 is 68.4 Å². The number of carboxylic acid groups (broad SMARTS) is 4. The molecule has 0 aliphatic rings. The first-order chi connectivity index (χ1) is 23.3. The lowest BCUT2D eigenvalue weighted by atomic mass is 10.0. The number of hydrogen-bond donors (Lipinski definition) is 11. The number of thioether (sulfide) groups is 1. The van der Waals surface area contributed by atoms with Crippen molar-refractivity contribution in [3.63, 3.8) is 0 Å². The predicted octanol–water partition coefficient (Wildman–Crippen LogP) is -2.60. The molecular formula is C28H46N6O14S2. The van der Waals surface area contributed by atoms with Gasteiger partial charge in [-0.2, -0.15) is 24.4 Å². The van der Waals surface area contributed by atoms with Crippen molar-refractivity contribution in [3.8, 4) is 0 Å². The maximum atomic E-state index is 12.9. The van der Waals surface area contributed by atoms with Crippen LogP contribution in [0.15, 0.2) is 0 Å². The Kier molecular flexibility index (Phi) is 25.0. The fourth-order valence-corrected chi connectivity index (χ4v) is 4.50. The minimum Gasteiger partial charge on any atom is -0.481 e. The molecule has 0 unspecified atom stereocenters. The standard InChI is InChI=1S/C26H42N6O12S2.C2H4O2/c1-13(2)8-17(26(43)44)32-24(41)15(4-5-20(35)36)30-25(42)18(11-45)29-19(34)10-27-22(39)16(9-21(37)38)31-23(40)14(28-12-33)6-7-46-3;1-2(3)4/h12-18,45H,4-11H2,1-3H3,(H,27,39)(H,28,33)(H,29,34)(H,30,42)(H,31,40)(H,32,41)(H,35,36)(H,37,38)(H,43,44);1H3,(H,3,4)/t14-,15-,16-,17-,18-;/m0./s1. The van der Waals surface area contributed by atoms with Crippen molar-refractivity contribution in [1.29, 1.82) is 0 Å². The van der Waals surface area contributed by atoms with Crippen molar-refractivity contribution in [2.45, 2.75) is 83.1 Å². The molecule has 0 aliphatic carbocycles. The van der Waals surface area contributed by atoms with E-state index in [0.29, 0.717) is 5.75 Å². The summed E-state index contributed by atoms with van der Waals surface area (Å²) < 4.78 is 0. The molecule has 0 aromatic heterocycles. The Balaban J connectivity index is 0. The molecule has 0 radical (unpaired) electrons. The Hall–Kier alpha value is -4.60. The molecule has 6 amide bonds. The van der Waals surface area contributed by atoms with Gasteiger partial charge in [0.2, 0.25) is 35.9 Å². The first kappa shape index (κ1) is 47.5. The summed E-state index contributed by atoms with van der Waals surface area (Å²) in [5.41, 5.74) is 0. The molecular weight excluding hydrogens is 708 g/mol. The molecule has 10 N–H and O–H groups in total. The van der Waals surface area contributed by atoms with Crippen LogP contribution in [0.1, 0.15) is 52.9 Å². The largest absolute Gasteiger partial charge is 0.481 e. The molecule has 0 aliphatic heterocycles. The summed E-state index contributed by atoms with van der Waals surface area (Å²) in [6.45, 7) is 3.77. The van der Waals surface area contributed by atoms with Gasteiger partial charge in [0.05, 0.1) is 13.0 Å². The molecule has 0 heterocycles. The topological polar surface area (TPSA) is 324 Å². The van der Waals surface area contributed by atoms with Gasteiger partial charge >= 0.3 is 17.9 Å². The zero-order chi connectivity index (χ0) is 39.0. The van der Waals surface area contributed by atoms with Gasteiger partial charge in [-0.15, -0.1) is 0 Å². The fourth-order valence-electron chi connectivity index (χ4n) is 3.77. The average molecular weight is 755 g/mol. The van der Waals surface area contributed by atoms with E-state index in [4.69, 9.17) is 15.0 Å². The number of amides is 6. The third kappa shape index (κ3) is 22.9. The molecule has 0 fully saturated rings. The van der Waals surface area contributed by atoms with Gasteiger partial charge in [-0.25, -0.2) is 4.79 Å². The molecule has 284 valence electrons. The first-order valence-electron chi connectivity index (χ1n) is 14.9. The summed E-state index contributed by atoms with van der Waals surface area (Å²) >= 11 is 5.39. The van der Waals surface area contributed by atoms with E-state index in [0.717, 1.165) is 6.92 Å². The molecule has 0 aromatic rings. The Morgan fingerprint density at radius 1 is 0.720 bits per heavy atom. The summed E-state index contributed by atoms with van der Waals surface area (Å²) in [6, 6.07) is -6.85. The van der Waals surface area contributed by atoms with E-state index in [-0.39, 0.29) is 30.9 Å².